The molecule has 5 nitrogen and oxygen atoms in total. The van der Waals surface area contributed by atoms with E-state index in [1.807, 2.05) is 6.92 Å². The molecule has 1 heterocycles. The molecular weight excluding hydrogens is 262 g/mol. The molecule has 0 aromatic carbocycles. The SMILES string of the molecule is CCCCNS(=O)(=O)c1ccc(CNC(C)C)cn1. The van der Waals surface area contributed by atoms with Gasteiger partial charge >= 0.3 is 0 Å². The molecule has 0 aliphatic heterocycles. The third kappa shape index (κ3) is 5.67. The molecule has 0 spiro atoms. The number of aromatic nitrogens is 1. The number of nitrogens with zero attached hydrogens (tertiary/aromatic N) is 1. The van der Waals surface area contributed by atoms with E-state index in [4.69, 9.17) is 0 Å². The second-order valence-corrected chi connectivity index (χ2v) is 6.51. The van der Waals surface area contributed by atoms with E-state index >= 15 is 0 Å². The van der Waals surface area contributed by atoms with Crippen molar-refractivity contribution in [2.75, 3.05) is 6.54 Å². The van der Waals surface area contributed by atoms with Gasteiger partial charge in [-0.1, -0.05) is 33.3 Å². The summed E-state index contributed by atoms with van der Waals surface area (Å²) in [4.78, 5) is 4.02. The summed E-state index contributed by atoms with van der Waals surface area (Å²) in [5.74, 6) is 0. The summed E-state index contributed by atoms with van der Waals surface area (Å²) in [6.07, 6.45) is 3.38. The van der Waals surface area contributed by atoms with Crippen molar-refractivity contribution in [2.24, 2.45) is 0 Å². The third-order valence-electron chi connectivity index (χ3n) is 2.61. The van der Waals surface area contributed by atoms with Crippen molar-refractivity contribution < 1.29 is 8.42 Å². The van der Waals surface area contributed by atoms with Crippen LogP contribution in [0.4, 0.5) is 0 Å². The molecule has 0 saturated carbocycles. The topological polar surface area (TPSA) is 71.1 Å². The lowest BCUT2D eigenvalue weighted by molar-refractivity contribution is 0.572. The van der Waals surface area contributed by atoms with Crippen LogP contribution in [0.15, 0.2) is 23.4 Å². The minimum Gasteiger partial charge on any atom is -0.310 e. The van der Waals surface area contributed by atoms with E-state index in [0.717, 1.165) is 18.4 Å². The molecule has 2 N–H and O–H groups in total. The van der Waals surface area contributed by atoms with E-state index in [0.29, 0.717) is 19.1 Å². The normalized spacial score (nSPS) is 12.0. The van der Waals surface area contributed by atoms with Crippen LogP contribution in [0.1, 0.15) is 39.2 Å². The zero-order chi connectivity index (χ0) is 14.3. The van der Waals surface area contributed by atoms with Crippen LogP contribution in [-0.4, -0.2) is 26.0 Å². The first-order valence-electron chi connectivity index (χ1n) is 6.63. The number of sulfonamides is 1. The summed E-state index contributed by atoms with van der Waals surface area (Å²) in [6, 6.07) is 3.72. The van der Waals surface area contributed by atoms with E-state index in [2.05, 4.69) is 28.9 Å². The molecule has 108 valence electrons. The molecule has 0 bridgehead atoms. The van der Waals surface area contributed by atoms with Gasteiger partial charge in [0.1, 0.15) is 0 Å². The van der Waals surface area contributed by atoms with Crippen LogP contribution in [0.2, 0.25) is 0 Å². The lowest BCUT2D eigenvalue weighted by Crippen LogP contribution is -2.26. The van der Waals surface area contributed by atoms with E-state index in [1.54, 1.807) is 18.3 Å². The van der Waals surface area contributed by atoms with Gasteiger partial charge in [0.2, 0.25) is 0 Å². The molecule has 0 amide bonds. The Balaban J connectivity index is 2.64. The van der Waals surface area contributed by atoms with Crippen LogP contribution in [0.3, 0.4) is 0 Å². The van der Waals surface area contributed by atoms with Crippen LogP contribution >= 0.6 is 0 Å². The third-order valence-corrected chi connectivity index (χ3v) is 3.99. The lowest BCUT2D eigenvalue weighted by Gasteiger charge is -2.09. The Kier molecular flexibility index (Phi) is 6.41. The fourth-order valence-electron chi connectivity index (χ4n) is 1.45. The maximum atomic E-state index is 11.9. The van der Waals surface area contributed by atoms with Gasteiger partial charge < -0.3 is 5.32 Å². The Bertz CT molecular complexity index is 469. The monoisotopic (exact) mass is 285 g/mol. The summed E-state index contributed by atoms with van der Waals surface area (Å²) >= 11 is 0. The molecule has 19 heavy (non-hydrogen) atoms. The van der Waals surface area contributed by atoms with Crippen molar-refractivity contribution in [3.63, 3.8) is 0 Å². The quantitative estimate of drug-likeness (QED) is 0.713. The van der Waals surface area contributed by atoms with E-state index in [9.17, 15) is 8.42 Å². The average Bonchev–Trinajstić information content (AvgIpc) is 2.37. The summed E-state index contributed by atoms with van der Waals surface area (Å²) < 4.78 is 26.3. The van der Waals surface area contributed by atoms with Gasteiger partial charge in [-0.3, -0.25) is 0 Å². The highest BCUT2D eigenvalue weighted by Crippen LogP contribution is 2.07. The van der Waals surface area contributed by atoms with Crippen molar-refractivity contribution >= 4 is 10.0 Å². The number of unbranched alkanes of at least 4 members (excludes halogenated alkanes) is 1. The molecule has 0 aliphatic rings. The smallest absolute Gasteiger partial charge is 0.258 e. The van der Waals surface area contributed by atoms with Gasteiger partial charge in [-0.25, -0.2) is 18.1 Å². The maximum Gasteiger partial charge on any atom is 0.258 e. The van der Waals surface area contributed by atoms with Crippen LogP contribution in [0.25, 0.3) is 0 Å². The minimum absolute atomic E-state index is 0.0805. The number of hydrogen-bond acceptors (Lipinski definition) is 4. The standard InChI is InChI=1S/C13H23N3O2S/c1-4-5-8-16-19(17,18)13-7-6-12(10-15-13)9-14-11(2)3/h6-7,10-11,14,16H,4-5,8-9H2,1-3H3. The predicted molar refractivity (Wildman–Crippen MR) is 76.3 cm³/mol. The fraction of sp³-hybridized carbons (Fsp3) is 0.615. The number of pyridine rings is 1. The van der Waals surface area contributed by atoms with Gasteiger partial charge in [0.15, 0.2) is 5.03 Å². The Morgan fingerprint density at radius 2 is 2.05 bits per heavy atom. The highest BCUT2D eigenvalue weighted by Gasteiger charge is 2.14. The molecule has 0 radical (unpaired) electrons. The first kappa shape index (κ1) is 16.1. The molecule has 6 heteroatoms. The largest absolute Gasteiger partial charge is 0.310 e. The highest BCUT2D eigenvalue weighted by atomic mass is 32.2. The minimum atomic E-state index is -3.46. The van der Waals surface area contributed by atoms with E-state index in [-0.39, 0.29) is 5.03 Å². The van der Waals surface area contributed by atoms with Crippen molar-refractivity contribution in [2.45, 2.75) is 51.2 Å². The molecule has 1 rings (SSSR count). The molecule has 0 aliphatic carbocycles. The fourth-order valence-corrected chi connectivity index (χ4v) is 2.45. The van der Waals surface area contributed by atoms with Crippen molar-refractivity contribution in [1.82, 2.24) is 15.0 Å². The average molecular weight is 285 g/mol. The van der Waals surface area contributed by atoms with Gasteiger partial charge in [-0.05, 0) is 18.1 Å². The van der Waals surface area contributed by atoms with Crippen molar-refractivity contribution in [3.8, 4) is 0 Å². The molecule has 0 unspecified atom stereocenters. The van der Waals surface area contributed by atoms with Crippen molar-refractivity contribution in [1.29, 1.82) is 0 Å². The Labute approximate surface area is 115 Å². The van der Waals surface area contributed by atoms with Crippen LogP contribution in [0.5, 0.6) is 0 Å². The van der Waals surface area contributed by atoms with Gasteiger partial charge in [-0.2, -0.15) is 0 Å². The molecule has 0 fully saturated rings. The molecular formula is C13H23N3O2S. The Morgan fingerprint density at radius 1 is 1.32 bits per heavy atom. The summed E-state index contributed by atoms with van der Waals surface area (Å²) in [7, 11) is -3.46. The highest BCUT2D eigenvalue weighted by molar-refractivity contribution is 7.89. The number of hydrogen-bond donors (Lipinski definition) is 2. The molecule has 1 aromatic rings. The van der Waals surface area contributed by atoms with Gasteiger partial charge in [-0.15, -0.1) is 0 Å². The predicted octanol–water partition coefficient (Wildman–Crippen LogP) is 1.66. The van der Waals surface area contributed by atoms with Crippen LogP contribution in [0, 0.1) is 0 Å². The van der Waals surface area contributed by atoms with Gasteiger partial charge in [0.05, 0.1) is 0 Å². The molecule has 0 atom stereocenters. The summed E-state index contributed by atoms with van der Waals surface area (Å²) in [5, 5.41) is 3.34. The molecule has 0 saturated heterocycles. The number of rotatable bonds is 8. The summed E-state index contributed by atoms with van der Waals surface area (Å²) in [5.41, 5.74) is 0.973. The van der Waals surface area contributed by atoms with Crippen molar-refractivity contribution in [3.05, 3.63) is 23.9 Å². The van der Waals surface area contributed by atoms with Gasteiger partial charge in [0.25, 0.3) is 10.0 Å². The second-order valence-electron chi connectivity index (χ2n) is 4.79. The first-order valence-corrected chi connectivity index (χ1v) is 8.12. The Morgan fingerprint density at radius 3 is 2.58 bits per heavy atom. The first-order chi connectivity index (χ1) is 8.95. The van der Waals surface area contributed by atoms with Crippen LogP contribution in [-0.2, 0) is 16.6 Å². The van der Waals surface area contributed by atoms with Crippen LogP contribution < -0.4 is 10.0 Å². The lowest BCUT2D eigenvalue weighted by atomic mass is 10.2. The number of nitrogens with one attached hydrogen (secondary N) is 2. The van der Waals surface area contributed by atoms with E-state index < -0.39 is 10.0 Å². The van der Waals surface area contributed by atoms with Gasteiger partial charge in [0, 0.05) is 25.3 Å². The second kappa shape index (κ2) is 7.57. The Hall–Kier alpha value is -0.980. The summed E-state index contributed by atoms with van der Waals surface area (Å²) in [6.45, 7) is 7.28. The van der Waals surface area contributed by atoms with E-state index in [1.165, 1.54) is 0 Å². The zero-order valence-electron chi connectivity index (χ0n) is 11.8. The molecule has 1 aromatic heterocycles. The zero-order valence-corrected chi connectivity index (χ0v) is 12.6. The maximum absolute atomic E-state index is 11.9.